The van der Waals surface area contributed by atoms with Gasteiger partial charge in [0.25, 0.3) is 5.91 Å². The van der Waals surface area contributed by atoms with E-state index in [9.17, 15) is 14.0 Å². The van der Waals surface area contributed by atoms with Gasteiger partial charge in [0.05, 0.1) is 17.0 Å². The lowest BCUT2D eigenvalue weighted by Crippen LogP contribution is -2.30. The number of fused-ring (bicyclic) bond motifs is 2. The molecular formula is C23H12BrClFNO3. The Hall–Kier alpha value is -2.96. The predicted octanol–water partition coefficient (Wildman–Crippen LogP) is 6.10. The van der Waals surface area contributed by atoms with E-state index in [-0.39, 0.29) is 27.9 Å². The molecule has 148 valence electrons. The van der Waals surface area contributed by atoms with Crippen LogP contribution in [0, 0.1) is 5.82 Å². The SMILES string of the molecule is O=C1c2oc3ccc(Cl)cc3c(=O)c2C(c2ccccc2F)N1c1cccc(Br)c1. The summed E-state index contributed by atoms with van der Waals surface area (Å²) in [4.78, 5) is 28.2. The molecule has 0 saturated carbocycles. The highest BCUT2D eigenvalue weighted by Crippen LogP contribution is 2.42. The molecule has 1 unspecified atom stereocenters. The van der Waals surface area contributed by atoms with Gasteiger partial charge in [-0.05, 0) is 42.5 Å². The highest BCUT2D eigenvalue weighted by atomic mass is 79.9. The van der Waals surface area contributed by atoms with Crippen molar-refractivity contribution in [3.8, 4) is 0 Å². The molecule has 1 aromatic heterocycles. The Bertz CT molecular complexity index is 1400. The average molecular weight is 485 g/mol. The van der Waals surface area contributed by atoms with E-state index in [0.717, 1.165) is 4.47 Å². The van der Waals surface area contributed by atoms with Crippen molar-refractivity contribution in [1.29, 1.82) is 0 Å². The van der Waals surface area contributed by atoms with Gasteiger partial charge in [0.15, 0.2) is 5.43 Å². The van der Waals surface area contributed by atoms with Crippen molar-refractivity contribution in [3.05, 3.63) is 109 Å². The molecule has 0 saturated heterocycles. The Morgan fingerprint density at radius 1 is 1.00 bits per heavy atom. The molecule has 7 heteroatoms. The van der Waals surface area contributed by atoms with Crippen LogP contribution in [0.5, 0.6) is 0 Å². The summed E-state index contributed by atoms with van der Waals surface area (Å²) in [5.41, 5.74) is 0.654. The van der Waals surface area contributed by atoms with Gasteiger partial charge in [-0.2, -0.15) is 0 Å². The molecule has 1 aliphatic heterocycles. The maximum Gasteiger partial charge on any atom is 0.295 e. The number of hydrogen-bond donors (Lipinski definition) is 0. The van der Waals surface area contributed by atoms with Gasteiger partial charge < -0.3 is 4.42 Å². The van der Waals surface area contributed by atoms with Crippen molar-refractivity contribution in [2.45, 2.75) is 6.04 Å². The van der Waals surface area contributed by atoms with Crippen molar-refractivity contribution in [2.24, 2.45) is 0 Å². The molecule has 0 fully saturated rings. The van der Waals surface area contributed by atoms with E-state index >= 15 is 0 Å². The molecule has 0 N–H and O–H groups in total. The molecule has 1 atom stereocenters. The molecule has 1 aliphatic rings. The average Bonchev–Trinajstić information content (AvgIpc) is 3.01. The molecule has 1 amide bonds. The summed E-state index contributed by atoms with van der Waals surface area (Å²) in [5.74, 6) is -1.12. The Labute approximate surface area is 183 Å². The number of anilines is 1. The Kier molecular flexibility index (Phi) is 4.49. The second-order valence-electron chi connectivity index (χ2n) is 6.89. The molecule has 4 aromatic rings. The topological polar surface area (TPSA) is 50.5 Å². The fourth-order valence-corrected chi connectivity index (χ4v) is 4.39. The normalized spacial score (nSPS) is 15.6. The molecule has 5 rings (SSSR count). The standard InChI is InChI=1S/C23H12BrClFNO3/c24-12-4-3-5-14(10-12)27-20(15-6-1-2-7-17(15)26)19-21(28)16-11-13(25)8-9-18(16)30-22(19)23(27)29/h1-11,20H. The van der Waals surface area contributed by atoms with Crippen LogP contribution in [-0.4, -0.2) is 5.91 Å². The van der Waals surface area contributed by atoms with E-state index in [2.05, 4.69) is 15.9 Å². The van der Waals surface area contributed by atoms with Crippen LogP contribution in [0.2, 0.25) is 5.02 Å². The number of hydrogen-bond acceptors (Lipinski definition) is 3. The van der Waals surface area contributed by atoms with Crippen LogP contribution in [0.15, 0.2) is 80.4 Å². The second kappa shape index (κ2) is 7.07. The number of benzene rings is 3. The number of halogens is 3. The number of carbonyl (C=O) groups excluding carboxylic acids is 1. The van der Waals surface area contributed by atoms with Gasteiger partial charge in [-0.1, -0.05) is 51.8 Å². The first-order chi connectivity index (χ1) is 14.5. The monoisotopic (exact) mass is 483 g/mol. The third-order valence-electron chi connectivity index (χ3n) is 5.12. The van der Waals surface area contributed by atoms with Gasteiger partial charge in [0, 0.05) is 20.7 Å². The van der Waals surface area contributed by atoms with Crippen LogP contribution in [0.25, 0.3) is 11.0 Å². The minimum Gasteiger partial charge on any atom is -0.450 e. The van der Waals surface area contributed by atoms with Gasteiger partial charge in [0.1, 0.15) is 11.4 Å². The fraction of sp³-hybridized carbons (Fsp3) is 0.0435. The summed E-state index contributed by atoms with van der Waals surface area (Å²) in [5, 5.41) is 0.608. The summed E-state index contributed by atoms with van der Waals surface area (Å²) in [6.07, 6.45) is 0. The molecule has 0 aliphatic carbocycles. The van der Waals surface area contributed by atoms with Gasteiger partial charge in [0.2, 0.25) is 5.76 Å². The Balaban J connectivity index is 1.86. The lowest BCUT2D eigenvalue weighted by Gasteiger charge is -2.25. The highest BCUT2D eigenvalue weighted by Gasteiger charge is 2.44. The quantitative estimate of drug-likeness (QED) is 0.345. The van der Waals surface area contributed by atoms with Crippen LogP contribution in [-0.2, 0) is 0 Å². The van der Waals surface area contributed by atoms with Crippen molar-refractivity contribution in [2.75, 3.05) is 4.90 Å². The number of carbonyl (C=O) groups is 1. The molecule has 4 nitrogen and oxygen atoms in total. The van der Waals surface area contributed by atoms with E-state index < -0.39 is 23.2 Å². The first kappa shape index (κ1) is 19.0. The summed E-state index contributed by atoms with van der Waals surface area (Å²) < 4.78 is 21.4. The second-order valence-corrected chi connectivity index (χ2v) is 8.25. The van der Waals surface area contributed by atoms with Crippen LogP contribution in [0.4, 0.5) is 10.1 Å². The summed E-state index contributed by atoms with van der Waals surface area (Å²) in [7, 11) is 0. The third kappa shape index (κ3) is 2.87. The minimum atomic E-state index is -0.970. The molecule has 2 heterocycles. The minimum absolute atomic E-state index is 0.0944. The Morgan fingerprint density at radius 2 is 1.80 bits per heavy atom. The lowest BCUT2D eigenvalue weighted by atomic mass is 9.98. The largest absolute Gasteiger partial charge is 0.450 e. The molecule has 0 bridgehead atoms. The van der Waals surface area contributed by atoms with E-state index in [1.807, 2.05) is 6.07 Å². The summed E-state index contributed by atoms with van der Waals surface area (Å²) in [6, 6.07) is 16.8. The summed E-state index contributed by atoms with van der Waals surface area (Å²) in [6.45, 7) is 0. The van der Waals surface area contributed by atoms with Gasteiger partial charge in [-0.3, -0.25) is 14.5 Å². The molecule has 30 heavy (non-hydrogen) atoms. The zero-order chi connectivity index (χ0) is 21.0. The number of rotatable bonds is 2. The maximum absolute atomic E-state index is 14.8. The van der Waals surface area contributed by atoms with E-state index in [4.69, 9.17) is 16.0 Å². The zero-order valence-electron chi connectivity index (χ0n) is 15.2. The van der Waals surface area contributed by atoms with Crippen molar-refractivity contribution >= 4 is 50.1 Å². The molecule has 0 spiro atoms. The van der Waals surface area contributed by atoms with Gasteiger partial charge in [-0.25, -0.2) is 4.39 Å². The molecule has 3 aromatic carbocycles. The maximum atomic E-state index is 14.8. The van der Waals surface area contributed by atoms with Crippen molar-refractivity contribution in [3.63, 3.8) is 0 Å². The number of amides is 1. The van der Waals surface area contributed by atoms with Crippen molar-refractivity contribution in [1.82, 2.24) is 0 Å². The van der Waals surface area contributed by atoms with Crippen LogP contribution >= 0.6 is 27.5 Å². The molecular weight excluding hydrogens is 473 g/mol. The predicted molar refractivity (Wildman–Crippen MR) is 117 cm³/mol. The summed E-state index contributed by atoms with van der Waals surface area (Å²) >= 11 is 9.47. The lowest BCUT2D eigenvalue weighted by molar-refractivity contribution is 0.0971. The van der Waals surface area contributed by atoms with Crippen LogP contribution in [0.3, 0.4) is 0 Å². The zero-order valence-corrected chi connectivity index (χ0v) is 17.6. The number of nitrogens with zero attached hydrogens (tertiary/aromatic N) is 1. The van der Waals surface area contributed by atoms with Gasteiger partial charge in [-0.15, -0.1) is 0 Å². The first-order valence-corrected chi connectivity index (χ1v) is 10.2. The van der Waals surface area contributed by atoms with E-state index in [1.165, 1.54) is 17.0 Å². The Morgan fingerprint density at radius 3 is 2.57 bits per heavy atom. The van der Waals surface area contributed by atoms with Crippen molar-refractivity contribution < 1.29 is 13.6 Å². The first-order valence-electron chi connectivity index (χ1n) is 9.05. The third-order valence-corrected chi connectivity index (χ3v) is 5.85. The van der Waals surface area contributed by atoms with Crippen LogP contribution in [0.1, 0.15) is 27.7 Å². The van der Waals surface area contributed by atoms with E-state index in [1.54, 1.807) is 48.5 Å². The van der Waals surface area contributed by atoms with E-state index in [0.29, 0.717) is 10.7 Å². The van der Waals surface area contributed by atoms with Gasteiger partial charge >= 0.3 is 0 Å². The highest BCUT2D eigenvalue weighted by molar-refractivity contribution is 9.10. The van der Waals surface area contributed by atoms with Crippen LogP contribution < -0.4 is 10.3 Å². The molecule has 0 radical (unpaired) electrons. The fourth-order valence-electron chi connectivity index (χ4n) is 3.83. The smallest absolute Gasteiger partial charge is 0.295 e.